The second-order valence-electron chi connectivity index (χ2n) is 6.70. The quantitative estimate of drug-likeness (QED) is 0.689. The topological polar surface area (TPSA) is 57.3 Å². The fraction of sp³-hybridized carbons (Fsp3) is 0.182. The number of aryl methyl sites for hydroxylation is 1. The molecule has 1 amide bonds. The van der Waals surface area contributed by atoms with Gasteiger partial charge in [-0.15, -0.1) is 0 Å². The number of hydrogen-bond acceptors (Lipinski definition) is 4. The molecule has 3 aromatic rings. The molecule has 0 radical (unpaired) electrons. The van der Waals surface area contributed by atoms with Crippen molar-refractivity contribution < 1.29 is 4.79 Å². The maximum atomic E-state index is 12.5. The zero-order valence-electron chi connectivity index (χ0n) is 16.1. The van der Waals surface area contributed by atoms with E-state index >= 15 is 0 Å². The highest BCUT2D eigenvalue weighted by atomic mass is 16.1. The molecule has 27 heavy (non-hydrogen) atoms. The number of aromatic nitrogens is 1. The fourth-order valence-electron chi connectivity index (χ4n) is 2.71. The van der Waals surface area contributed by atoms with Crippen molar-refractivity contribution in [1.29, 1.82) is 0 Å². The molecule has 5 nitrogen and oxygen atoms in total. The number of carbonyl (C=O) groups is 1. The Morgan fingerprint density at radius 2 is 1.70 bits per heavy atom. The van der Waals surface area contributed by atoms with Crippen LogP contribution in [0.25, 0.3) is 0 Å². The second kappa shape index (κ2) is 7.91. The van der Waals surface area contributed by atoms with Crippen LogP contribution < -0.4 is 15.5 Å². The zero-order chi connectivity index (χ0) is 19.4. The van der Waals surface area contributed by atoms with Gasteiger partial charge in [0.15, 0.2) is 0 Å². The first-order valence-electron chi connectivity index (χ1n) is 8.82. The number of nitrogens with zero attached hydrogens (tertiary/aromatic N) is 2. The van der Waals surface area contributed by atoms with E-state index in [0.29, 0.717) is 5.69 Å². The van der Waals surface area contributed by atoms with E-state index in [9.17, 15) is 4.79 Å². The standard InChI is InChI=1S/C22H24N4O/c1-15-6-5-7-20(16(15)2)24-18-12-13-23-21(14-18)22(27)25-17-8-10-19(11-9-17)26(3)4/h5-14H,1-4H3,(H,23,24)(H,25,27). The summed E-state index contributed by atoms with van der Waals surface area (Å²) in [5.74, 6) is -0.239. The summed E-state index contributed by atoms with van der Waals surface area (Å²) >= 11 is 0. The molecule has 0 aliphatic carbocycles. The van der Waals surface area contributed by atoms with Crippen LogP contribution in [0.4, 0.5) is 22.7 Å². The van der Waals surface area contributed by atoms with Crippen molar-refractivity contribution in [2.45, 2.75) is 13.8 Å². The number of carbonyl (C=O) groups excluding carboxylic acids is 1. The van der Waals surface area contributed by atoms with Crippen LogP contribution in [0, 0.1) is 13.8 Å². The number of pyridine rings is 1. The molecule has 0 unspecified atom stereocenters. The van der Waals surface area contributed by atoms with E-state index in [1.165, 1.54) is 11.1 Å². The molecule has 138 valence electrons. The number of benzene rings is 2. The van der Waals surface area contributed by atoms with Crippen LogP contribution in [-0.2, 0) is 0 Å². The second-order valence-corrected chi connectivity index (χ2v) is 6.70. The molecule has 1 heterocycles. The minimum Gasteiger partial charge on any atom is -0.378 e. The van der Waals surface area contributed by atoms with E-state index in [1.807, 2.05) is 61.5 Å². The summed E-state index contributed by atoms with van der Waals surface area (Å²) in [6.07, 6.45) is 1.64. The third-order valence-corrected chi connectivity index (χ3v) is 4.52. The molecule has 0 spiro atoms. The maximum absolute atomic E-state index is 12.5. The average molecular weight is 360 g/mol. The van der Waals surface area contributed by atoms with E-state index in [4.69, 9.17) is 0 Å². The van der Waals surface area contributed by atoms with E-state index in [-0.39, 0.29) is 5.91 Å². The van der Waals surface area contributed by atoms with Gasteiger partial charge in [0, 0.05) is 43.0 Å². The van der Waals surface area contributed by atoms with Crippen LogP contribution in [-0.4, -0.2) is 25.0 Å². The van der Waals surface area contributed by atoms with Crippen molar-refractivity contribution in [3.05, 3.63) is 77.6 Å². The summed E-state index contributed by atoms with van der Waals surface area (Å²) in [7, 11) is 3.96. The molecule has 0 fully saturated rings. The van der Waals surface area contributed by atoms with Gasteiger partial charge in [-0.2, -0.15) is 0 Å². The Morgan fingerprint density at radius 1 is 0.963 bits per heavy atom. The number of anilines is 4. The molecule has 5 heteroatoms. The van der Waals surface area contributed by atoms with Gasteiger partial charge in [-0.05, 0) is 67.4 Å². The van der Waals surface area contributed by atoms with Crippen LogP contribution in [0.3, 0.4) is 0 Å². The molecule has 1 aromatic heterocycles. The first-order chi connectivity index (χ1) is 12.9. The molecule has 2 aromatic carbocycles. The Labute approximate surface area is 160 Å². The SMILES string of the molecule is Cc1cccc(Nc2ccnc(C(=O)Nc3ccc(N(C)C)cc3)c2)c1C. The molecular formula is C22H24N4O. The number of rotatable bonds is 5. The molecule has 0 atom stereocenters. The van der Waals surface area contributed by atoms with Gasteiger partial charge in [-0.1, -0.05) is 12.1 Å². The smallest absolute Gasteiger partial charge is 0.274 e. The molecule has 0 aliphatic rings. The van der Waals surface area contributed by atoms with Crippen molar-refractivity contribution in [2.24, 2.45) is 0 Å². The lowest BCUT2D eigenvalue weighted by molar-refractivity contribution is 0.102. The van der Waals surface area contributed by atoms with Crippen molar-refractivity contribution in [3.8, 4) is 0 Å². The highest BCUT2D eigenvalue weighted by Gasteiger charge is 2.10. The average Bonchev–Trinajstić information content (AvgIpc) is 2.66. The minimum absolute atomic E-state index is 0.239. The Morgan fingerprint density at radius 3 is 2.41 bits per heavy atom. The van der Waals surface area contributed by atoms with Crippen LogP contribution in [0.2, 0.25) is 0 Å². The normalized spacial score (nSPS) is 10.4. The van der Waals surface area contributed by atoms with Gasteiger partial charge in [0.1, 0.15) is 5.69 Å². The van der Waals surface area contributed by atoms with E-state index in [1.54, 1.807) is 12.3 Å². The van der Waals surface area contributed by atoms with Gasteiger partial charge in [-0.3, -0.25) is 9.78 Å². The van der Waals surface area contributed by atoms with Gasteiger partial charge in [0.05, 0.1) is 0 Å². The van der Waals surface area contributed by atoms with Crippen molar-refractivity contribution in [1.82, 2.24) is 4.98 Å². The number of hydrogen-bond donors (Lipinski definition) is 2. The maximum Gasteiger partial charge on any atom is 0.274 e. The van der Waals surface area contributed by atoms with Crippen molar-refractivity contribution in [2.75, 3.05) is 29.6 Å². The van der Waals surface area contributed by atoms with Gasteiger partial charge in [0.2, 0.25) is 0 Å². The first-order valence-corrected chi connectivity index (χ1v) is 8.82. The molecule has 2 N–H and O–H groups in total. The Kier molecular flexibility index (Phi) is 5.41. The summed E-state index contributed by atoms with van der Waals surface area (Å²) in [4.78, 5) is 18.8. The van der Waals surface area contributed by atoms with Crippen LogP contribution >= 0.6 is 0 Å². The molecule has 0 bridgehead atoms. The number of amides is 1. The summed E-state index contributed by atoms with van der Waals surface area (Å²) in [5, 5.41) is 6.25. The van der Waals surface area contributed by atoms with Crippen LogP contribution in [0.1, 0.15) is 21.6 Å². The summed E-state index contributed by atoms with van der Waals surface area (Å²) in [6.45, 7) is 4.15. The summed E-state index contributed by atoms with van der Waals surface area (Å²) in [5.41, 5.74) is 6.42. The van der Waals surface area contributed by atoms with E-state index in [2.05, 4.69) is 35.5 Å². The lowest BCUT2D eigenvalue weighted by Crippen LogP contribution is -2.14. The predicted octanol–water partition coefficient (Wildman–Crippen LogP) is 4.76. The fourth-order valence-corrected chi connectivity index (χ4v) is 2.71. The van der Waals surface area contributed by atoms with Crippen molar-refractivity contribution >= 4 is 28.7 Å². The summed E-state index contributed by atoms with van der Waals surface area (Å²) < 4.78 is 0. The Bertz CT molecular complexity index is 949. The van der Waals surface area contributed by atoms with Crippen LogP contribution in [0.15, 0.2) is 60.8 Å². The third kappa shape index (κ3) is 4.44. The molecule has 0 saturated carbocycles. The minimum atomic E-state index is -0.239. The van der Waals surface area contributed by atoms with Gasteiger partial charge in [0.25, 0.3) is 5.91 Å². The van der Waals surface area contributed by atoms with Gasteiger partial charge < -0.3 is 15.5 Å². The summed E-state index contributed by atoms with van der Waals surface area (Å²) in [6, 6.07) is 17.4. The van der Waals surface area contributed by atoms with Crippen LogP contribution in [0.5, 0.6) is 0 Å². The van der Waals surface area contributed by atoms with E-state index in [0.717, 1.165) is 22.7 Å². The Balaban J connectivity index is 1.74. The largest absolute Gasteiger partial charge is 0.378 e. The Hall–Kier alpha value is -3.34. The predicted molar refractivity (Wildman–Crippen MR) is 112 cm³/mol. The first kappa shape index (κ1) is 18.5. The molecule has 3 rings (SSSR count). The van der Waals surface area contributed by atoms with E-state index < -0.39 is 0 Å². The lowest BCUT2D eigenvalue weighted by atomic mass is 10.1. The third-order valence-electron chi connectivity index (χ3n) is 4.52. The van der Waals surface area contributed by atoms with Gasteiger partial charge >= 0.3 is 0 Å². The highest BCUT2D eigenvalue weighted by molar-refractivity contribution is 6.03. The van der Waals surface area contributed by atoms with Gasteiger partial charge in [-0.25, -0.2) is 0 Å². The zero-order valence-corrected chi connectivity index (χ0v) is 16.1. The molecule has 0 saturated heterocycles. The molecule has 0 aliphatic heterocycles. The lowest BCUT2D eigenvalue weighted by Gasteiger charge is -2.13. The highest BCUT2D eigenvalue weighted by Crippen LogP contribution is 2.23. The van der Waals surface area contributed by atoms with Crippen molar-refractivity contribution in [3.63, 3.8) is 0 Å². The number of nitrogens with one attached hydrogen (secondary N) is 2. The molecular weight excluding hydrogens is 336 g/mol. The monoisotopic (exact) mass is 360 g/mol.